The Morgan fingerprint density at radius 1 is 1.33 bits per heavy atom. The van der Waals surface area contributed by atoms with Crippen molar-refractivity contribution in [3.8, 4) is 0 Å². The number of likely N-dealkylation sites (tertiary alicyclic amines) is 1. The van der Waals surface area contributed by atoms with E-state index in [4.69, 9.17) is 5.73 Å². The highest BCUT2D eigenvalue weighted by molar-refractivity contribution is 5.85. The number of benzene rings is 1. The number of nitro groups is 1. The molecule has 7 nitrogen and oxygen atoms in total. The Morgan fingerprint density at radius 2 is 2.04 bits per heavy atom. The highest BCUT2D eigenvalue weighted by Crippen LogP contribution is 2.20. The zero-order valence-corrected chi connectivity index (χ0v) is 14.5. The van der Waals surface area contributed by atoms with E-state index in [9.17, 15) is 14.9 Å². The van der Waals surface area contributed by atoms with Gasteiger partial charge in [0, 0.05) is 44.2 Å². The van der Waals surface area contributed by atoms with Crippen molar-refractivity contribution in [3.05, 3.63) is 39.9 Å². The number of nitrogens with one attached hydrogen (secondary N) is 1. The van der Waals surface area contributed by atoms with E-state index in [-0.39, 0.29) is 28.9 Å². The van der Waals surface area contributed by atoms with Gasteiger partial charge in [-0.15, -0.1) is 12.4 Å². The largest absolute Gasteiger partial charge is 0.354 e. The van der Waals surface area contributed by atoms with Crippen molar-refractivity contribution in [2.45, 2.75) is 38.3 Å². The number of carbonyl (C=O) groups excluding carboxylic acids is 1. The van der Waals surface area contributed by atoms with Crippen molar-refractivity contribution in [1.29, 1.82) is 0 Å². The predicted molar refractivity (Wildman–Crippen MR) is 95.1 cm³/mol. The summed E-state index contributed by atoms with van der Waals surface area (Å²) >= 11 is 0. The zero-order valence-electron chi connectivity index (χ0n) is 13.6. The van der Waals surface area contributed by atoms with Crippen LogP contribution in [0.2, 0.25) is 0 Å². The first kappa shape index (κ1) is 20.3. The summed E-state index contributed by atoms with van der Waals surface area (Å²) in [5.41, 5.74) is 6.54. The number of piperidine rings is 1. The number of amides is 1. The molecule has 1 aromatic rings. The molecule has 1 aliphatic rings. The van der Waals surface area contributed by atoms with Crippen molar-refractivity contribution in [2.24, 2.45) is 5.73 Å². The quantitative estimate of drug-likeness (QED) is 0.573. The van der Waals surface area contributed by atoms with Crippen LogP contribution < -0.4 is 11.1 Å². The molecule has 0 aliphatic carbocycles. The second-order valence-corrected chi connectivity index (χ2v) is 5.89. The van der Waals surface area contributed by atoms with Crippen LogP contribution in [0.5, 0.6) is 0 Å². The van der Waals surface area contributed by atoms with Gasteiger partial charge in [0.15, 0.2) is 0 Å². The molecule has 0 aromatic heterocycles. The molecule has 2 rings (SSSR count). The number of nitrogens with zero attached hydrogens (tertiary/aromatic N) is 2. The Labute approximate surface area is 148 Å². The molecule has 0 spiro atoms. The van der Waals surface area contributed by atoms with Gasteiger partial charge in [-0.3, -0.25) is 19.8 Å². The molecule has 1 aromatic carbocycles. The second-order valence-electron chi connectivity index (χ2n) is 5.89. The number of nitro benzene ring substituents is 1. The van der Waals surface area contributed by atoms with E-state index >= 15 is 0 Å². The van der Waals surface area contributed by atoms with E-state index in [1.807, 2.05) is 0 Å². The van der Waals surface area contributed by atoms with E-state index in [0.717, 1.165) is 37.9 Å². The molecular formula is C16H25ClN4O3. The van der Waals surface area contributed by atoms with Crippen LogP contribution in [0.25, 0.3) is 0 Å². The monoisotopic (exact) mass is 356 g/mol. The summed E-state index contributed by atoms with van der Waals surface area (Å²) in [4.78, 5) is 24.2. The summed E-state index contributed by atoms with van der Waals surface area (Å²) in [5, 5.41) is 13.6. The van der Waals surface area contributed by atoms with Crippen LogP contribution in [0.3, 0.4) is 0 Å². The maximum Gasteiger partial charge on any atom is 0.269 e. The van der Waals surface area contributed by atoms with Crippen molar-refractivity contribution in [3.63, 3.8) is 0 Å². The smallest absolute Gasteiger partial charge is 0.269 e. The maximum atomic E-state index is 11.6. The number of halogens is 1. The summed E-state index contributed by atoms with van der Waals surface area (Å²) in [7, 11) is 0. The fraction of sp³-hybridized carbons (Fsp3) is 0.562. The number of non-ortho nitro benzene ring substituents is 1. The molecule has 8 heteroatoms. The Hall–Kier alpha value is -1.70. The van der Waals surface area contributed by atoms with Gasteiger partial charge in [-0.25, -0.2) is 0 Å². The third-order valence-corrected chi connectivity index (χ3v) is 4.19. The van der Waals surface area contributed by atoms with Gasteiger partial charge in [0.2, 0.25) is 5.91 Å². The van der Waals surface area contributed by atoms with Gasteiger partial charge in [-0.1, -0.05) is 18.6 Å². The summed E-state index contributed by atoms with van der Waals surface area (Å²) in [6, 6.07) is 6.99. The van der Waals surface area contributed by atoms with E-state index in [0.29, 0.717) is 25.6 Å². The predicted octanol–water partition coefficient (Wildman–Crippen LogP) is 1.84. The lowest BCUT2D eigenvalue weighted by molar-refractivity contribution is -0.384. The molecule has 1 unspecified atom stereocenters. The van der Waals surface area contributed by atoms with Crippen LogP contribution in [-0.2, 0) is 11.3 Å². The Kier molecular flexibility index (Phi) is 8.67. The van der Waals surface area contributed by atoms with Gasteiger partial charge in [-0.05, 0) is 24.9 Å². The number of hydrogen-bond donors (Lipinski definition) is 2. The maximum absolute atomic E-state index is 11.6. The number of rotatable bonds is 7. The molecular weight excluding hydrogens is 332 g/mol. The molecule has 0 radical (unpaired) electrons. The minimum atomic E-state index is -0.388. The van der Waals surface area contributed by atoms with E-state index in [1.54, 1.807) is 12.1 Å². The van der Waals surface area contributed by atoms with Crippen LogP contribution in [-0.4, -0.2) is 41.4 Å². The lowest BCUT2D eigenvalue weighted by Gasteiger charge is -2.35. The highest BCUT2D eigenvalue weighted by Gasteiger charge is 2.23. The average molecular weight is 357 g/mol. The van der Waals surface area contributed by atoms with Gasteiger partial charge < -0.3 is 11.1 Å². The Bertz CT molecular complexity index is 539. The van der Waals surface area contributed by atoms with Crippen LogP contribution >= 0.6 is 12.4 Å². The molecule has 1 heterocycles. The third-order valence-electron chi connectivity index (χ3n) is 4.19. The van der Waals surface area contributed by atoms with Crippen LogP contribution in [0, 0.1) is 10.1 Å². The molecule has 0 saturated carbocycles. The van der Waals surface area contributed by atoms with Crippen molar-refractivity contribution in [2.75, 3.05) is 19.6 Å². The fourth-order valence-corrected chi connectivity index (χ4v) is 2.91. The normalized spacial score (nSPS) is 17.8. The molecule has 1 atom stereocenters. The molecule has 0 bridgehead atoms. The third kappa shape index (κ3) is 6.07. The number of hydrogen-bond acceptors (Lipinski definition) is 5. The van der Waals surface area contributed by atoms with E-state index in [2.05, 4.69) is 10.2 Å². The first-order valence-electron chi connectivity index (χ1n) is 8.04. The van der Waals surface area contributed by atoms with Gasteiger partial charge in [0.1, 0.15) is 0 Å². The highest BCUT2D eigenvalue weighted by atomic mass is 35.5. The van der Waals surface area contributed by atoms with Gasteiger partial charge in [0.25, 0.3) is 5.69 Å². The number of carbonyl (C=O) groups is 1. The summed E-state index contributed by atoms with van der Waals surface area (Å²) < 4.78 is 0. The van der Waals surface area contributed by atoms with Crippen LogP contribution in [0.15, 0.2) is 24.3 Å². The summed E-state index contributed by atoms with van der Waals surface area (Å²) in [5.74, 6) is -0.00615. The van der Waals surface area contributed by atoms with Crippen molar-refractivity contribution in [1.82, 2.24) is 10.2 Å². The van der Waals surface area contributed by atoms with E-state index in [1.165, 1.54) is 12.1 Å². The van der Waals surface area contributed by atoms with Crippen molar-refractivity contribution < 1.29 is 9.72 Å². The minimum absolute atomic E-state index is 0. The first-order chi connectivity index (χ1) is 11.1. The topological polar surface area (TPSA) is 102 Å². The molecule has 3 N–H and O–H groups in total. The Morgan fingerprint density at radius 3 is 2.67 bits per heavy atom. The molecule has 1 fully saturated rings. The SMILES string of the molecule is Cl.NCCC(=O)NCC1CCCCN1Cc1ccc([N+](=O)[O-])cc1. The van der Waals surface area contributed by atoms with Crippen LogP contribution in [0.4, 0.5) is 5.69 Å². The first-order valence-corrected chi connectivity index (χ1v) is 8.04. The lowest BCUT2D eigenvalue weighted by atomic mass is 10.0. The summed E-state index contributed by atoms with van der Waals surface area (Å²) in [6.45, 7) is 2.72. The van der Waals surface area contributed by atoms with Gasteiger partial charge >= 0.3 is 0 Å². The lowest BCUT2D eigenvalue weighted by Crippen LogP contribution is -2.46. The van der Waals surface area contributed by atoms with Gasteiger partial charge in [0.05, 0.1) is 4.92 Å². The minimum Gasteiger partial charge on any atom is -0.354 e. The van der Waals surface area contributed by atoms with Crippen molar-refractivity contribution >= 4 is 24.0 Å². The standard InChI is InChI=1S/C16H24N4O3.ClH/c17-9-8-16(21)18-11-15-3-1-2-10-19(15)12-13-4-6-14(7-5-13)20(22)23;/h4-7,15H,1-3,8-12,17H2,(H,18,21);1H. The zero-order chi connectivity index (χ0) is 16.7. The number of nitrogens with two attached hydrogens (primary N) is 1. The molecule has 1 aliphatic heterocycles. The average Bonchev–Trinajstić information content (AvgIpc) is 2.55. The fourth-order valence-electron chi connectivity index (χ4n) is 2.91. The Balaban J connectivity index is 0.00000288. The molecule has 134 valence electrons. The van der Waals surface area contributed by atoms with Gasteiger partial charge in [-0.2, -0.15) is 0 Å². The molecule has 1 amide bonds. The second kappa shape index (κ2) is 10.2. The molecule has 1 saturated heterocycles. The molecule has 24 heavy (non-hydrogen) atoms. The van der Waals surface area contributed by atoms with Crippen LogP contribution in [0.1, 0.15) is 31.2 Å². The summed E-state index contributed by atoms with van der Waals surface area (Å²) in [6.07, 6.45) is 3.71. The van der Waals surface area contributed by atoms with E-state index < -0.39 is 0 Å².